The maximum absolute atomic E-state index is 12.0. The first-order chi connectivity index (χ1) is 11.1. The number of morpholine rings is 1. The lowest BCUT2D eigenvalue weighted by Gasteiger charge is -2.28. The zero-order valence-electron chi connectivity index (χ0n) is 14.1. The number of hydrogen-bond acceptors (Lipinski definition) is 5. The number of rotatable bonds is 6. The van der Waals surface area contributed by atoms with Crippen LogP contribution >= 0.6 is 11.3 Å². The SMILES string of the molecule is CC(C)C(=O)c1ccc(C[C@@H]2CC[C@H](CN3CCOCC3)O2)s1. The second-order valence-corrected chi connectivity index (χ2v) is 8.03. The lowest BCUT2D eigenvalue weighted by molar-refractivity contribution is -0.0107. The van der Waals surface area contributed by atoms with Crippen LogP contribution in [0, 0.1) is 5.92 Å². The molecule has 128 valence electrons. The van der Waals surface area contributed by atoms with Crippen molar-refractivity contribution in [2.75, 3.05) is 32.8 Å². The van der Waals surface area contributed by atoms with Crippen LogP contribution in [0.15, 0.2) is 12.1 Å². The topological polar surface area (TPSA) is 38.8 Å². The summed E-state index contributed by atoms with van der Waals surface area (Å²) >= 11 is 1.64. The molecule has 0 amide bonds. The molecule has 5 heteroatoms. The Morgan fingerprint density at radius 2 is 2.00 bits per heavy atom. The molecule has 0 bridgehead atoms. The third-order valence-electron chi connectivity index (χ3n) is 4.62. The van der Waals surface area contributed by atoms with Crippen molar-refractivity contribution in [3.63, 3.8) is 0 Å². The molecule has 0 N–H and O–H groups in total. The fourth-order valence-electron chi connectivity index (χ4n) is 3.27. The predicted octanol–water partition coefficient (Wildman–Crippen LogP) is 3.01. The van der Waals surface area contributed by atoms with Crippen LogP contribution < -0.4 is 0 Å². The van der Waals surface area contributed by atoms with Crippen LogP contribution in [0.2, 0.25) is 0 Å². The largest absolute Gasteiger partial charge is 0.379 e. The summed E-state index contributed by atoms with van der Waals surface area (Å²) in [6, 6.07) is 4.07. The van der Waals surface area contributed by atoms with Gasteiger partial charge in [0, 0.05) is 36.9 Å². The number of ether oxygens (including phenoxy) is 2. The standard InChI is InChI=1S/C18H27NO3S/c1-13(2)18(20)17-6-5-16(23-17)11-14-3-4-15(22-14)12-19-7-9-21-10-8-19/h5-6,13-15H,3-4,7-12H2,1-2H3/t14-,15+/m0/s1. The predicted molar refractivity (Wildman–Crippen MR) is 92.3 cm³/mol. The summed E-state index contributed by atoms with van der Waals surface area (Å²) in [5.41, 5.74) is 0. The van der Waals surface area contributed by atoms with Crippen molar-refractivity contribution in [1.29, 1.82) is 0 Å². The van der Waals surface area contributed by atoms with Gasteiger partial charge in [0.1, 0.15) is 0 Å². The molecule has 4 nitrogen and oxygen atoms in total. The molecule has 2 fully saturated rings. The fraction of sp³-hybridized carbons (Fsp3) is 0.722. The smallest absolute Gasteiger partial charge is 0.175 e. The van der Waals surface area contributed by atoms with E-state index < -0.39 is 0 Å². The number of ketones is 1. The molecule has 2 aliphatic rings. The number of carbonyl (C=O) groups excluding carboxylic acids is 1. The molecule has 2 saturated heterocycles. The minimum absolute atomic E-state index is 0.0714. The molecule has 0 unspecified atom stereocenters. The monoisotopic (exact) mass is 337 g/mol. The number of Topliss-reactive ketones (excluding diaryl/α,β-unsaturated/α-hetero) is 1. The molecule has 0 radical (unpaired) electrons. The van der Waals surface area contributed by atoms with Crippen LogP contribution in [-0.2, 0) is 15.9 Å². The average molecular weight is 337 g/mol. The minimum Gasteiger partial charge on any atom is -0.379 e. The Morgan fingerprint density at radius 1 is 1.26 bits per heavy atom. The van der Waals surface area contributed by atoms with Gasteiger partial charge in [0.15, 0.2) is 5.78 Å². The third kappa shape index (κ3) is 4.63. The molecule has 23 heavy (non-hydrogen) atoms. The fourth-order valence-corrected chi connectivity index (χ4v) is 4.43. The van der Waals surface area contributed by atoms with E-state index >= 15 is 0 Å². The van der Waals surface area contributed by atoms with Gasteiger partial charge in [0.25, 0.3) is 0 Å². The third-order valence-corrected chi connectivity index (χ3v) is 5.74. The van der Waals surface area contributed by atoms with Crippen LogP contribution in [0.4, 0.5) is 0 Å². The van der Waals surface area contributed by atoms with Crippen molar-refractivity contribution in [2.45, 2.75) is 45.3 Å². The molecule has 1 aromatic rings. The van der Waals surface area contributed by atoms with Gasteiger partial charge in [-0.25, -0.2) is 0 Å². The van der Waals surface area contributed by atoms with Crippen molar-refractivity contribution in [3.05, 3.63) is 21.9 Å². The van der Waals surface area contributed by atoms with Crippen LogP contribution in [0.3, 0.4) is 0 Å². The van der Waals surface area contributed by atoms with Crippen molar-refractivity contribution in [3.8, 4) is 0 Å². The zero-order chi connectivity index (χ0) is 16.2. The van der Waals surface area contributed by atoms with E-state index in [1.165, 1.54) is 4.88 Å². The summed E-state index contributed by atoms with van der Waals surface area (Å²) < 4.78 is 11.6. The van der Waals surface area contributed by atoms with Crippen molar-refractivity contribution in [1.82, 2.24) is 4.90 Å². The van der Waals surface area contributed by atoms with E-state index in [2.05, 4.69) is 11.0 Å². The first-order valence-electron chi connectivity index (χ1n) is 8.70. The van der Waals surface area contributed by atoms with E-state index in [-0.39, 0.29) is 11.7 Å². The van der Waals surface area contributed by atoms with Crippen molar-refractivity contribution in [2.24, 2.45) is 5.92 Å². The Kier molecular flexibility index (Phi) is 5.85. The summed E-state index contributed by atoms with van der Waals surface area (Å²) in [5, 5.41) is 0. The highest BCUT2D eigenvalue weighted by atomic mass is 32.1. The van der Waals surface area contributed by atoms with E-state index in [4.69, 9.17) is 9.47 Å². The Labute approximate surface area is 142 Å². The summed E-state index contributed by atoms with van der Waals surface area (Å²) in [6.45, 7) is 8.68. The summed E-state index contributed by atoms with van der Waals surface area (Å²) in [7, 11) is 0. The van der Waals surface area contributed by atoms with E-state index in [9.17, 15) is 4.79 Å². The van der Waals surface area contributed by atoms with Gasteiger partial charge in [-0.1, -0.05) is 13.8 Å². The molecule has 0 spiro atoms. The Hall–Kier alpha value is -0.750. The quantitative estimate of drug-likeness (QED) is 0.748. The van der Waals surface area contributed by atoms with Gasteiger partial charge >= 0.3 is 0 Å². The molecule has 2 aliphatic heterocycles. The van der Waals surface area contributed by atoms with E-state index in [1.54, 1.807) is 11.3 Å². The van der Waals surface area contributed by atoms with Crippen LogP contribution in [0.1, 0.15) is 41.2 Å². The Bertz CT molecular complexity index is 522. The Balaban J connectivity index is 1.47. The first-order valence-corrected chi connectivity index (χ1v) is 9.52. The molecule has 0 aromatic carbocycles. The molecule has 1 aromatic heterocycles. The molecule has 0 saturated carbocycles. The number of hydrogen-bond donors (Lipinski definition) is 0. The van der Waals surface area contributed by atoms with Crippen LogP contribution in [0.5, 0.6) is 0 Å². The van der Waals surface area contributed by atoms with Crippen molar-refractivity contribution >= 4 is 17.1 Å². The van der Waals surface area contributed by atoms with E-state index in [0.29, 0.717) is 12.2 Å². The van der Waals surface area contributed by atoms with E-state index in [1.807, 2.05) is 19.9 Å². The lowest BCUT2D eigenvalue weighted by Crippen LogP contribution is -2.41. The van der Waals surface area contributed by atoms with Gasteiger partial charge in [-0.15, -0.1) is 11.3 Å². The van der Waals surface area contributed by atoms with E-state index in [0.717, 1.165) is 57.0 Å². The normalized spacial score (nSPS) is 26.0. The number of carbonyl (C=O) groups is 1. The first kappa shape index (κ1) is 17.1. The Morgan fingerprint density at radius 3 is 2.74 bits per heavy atom. The van der Waals surface area contributed by atoms with Gasteiger partial charge in [-0.2, -0.15) is 0 Å². The van der Waals surface area contributed by atoms with Gasteiger partial charge in [0.2, 0.25) is 0 Å². The molecule has 0 aliphatic carbocycles. The van der Waals surface area contributed by atoms with Crippen molar-refractivity contribution < 1.29 is 14.3 Å². The highest BCUT2D eigenvalue weighted by Crippen LogP contribution is 2.27. The molecule has 2 atom stereocenters. The summed E-state index contributed by atoms with van der Waals surface area (Å²) in [4.78, 5) is 16.6. The summed E-state index contributed by atoms with van der Waals surface area (Å²) in [5.74, 6) is 0.320. The maximum Gasteiger partial charge on any atom is 0.175 e. The van der Waals surface area contributed by atoms with Gasteiger partial charge in [-0.05, 0) is 25.0 Å². The summed E-state index contributed by atoms with van der Waals surface area (Å²) in [6.07, 6.45) is 3.87. The van der Waals surface area contributed by atoms with Crippen LogP contribution in [-0.4, -0.2) is 55.7 Å². The molecular weight excluding hydrogens is 310 g/mol. The zero-order valence-corrected chi connectivity index (χ0v) is 14.9. The second kappa shape index (κ2) is 7.88. The molecule has 3 heterocycles. The highest BCUT2D eigenvalue weighted by molar-refractivity contribution is 7.14. The highest BCUT2D eigenvalue weighted by Gasteiger charge is 2.28. The maximum atomic E-state index is 12.0. The van der Waals surface area contributed by atoms with Gasteiger partial charge in [0.05, 0.1) is 30.3 Å². The number of thiophene rings is 1. The van der Waals surface area contributed by atoms with Crippen LogP contribution in [0.25, 0.3) is 0 Å². The average Bonchev–Trinajstić information content (AvgIpc) is 3.18. The van der Waals surface area contributed by atoms with Gasteiger partial charge in [-0.3, -0.25) is 9.69 Å². The second-order valence-electron chi connectivity index (χ2n) is 6.86. The lowest BCUT2D eigenvalue weighted by atomic mass is 10.1. The number of nitrogens with zero attached hydrogens (tertiary/aromatic N) is 1. The molecule has 3 rings (SSSR count). The molecular formula is C18H27NO3S. The van der Waals surface area contributed by atoms with Gasteiger partial charge < -0.3 is 9.47 Å². The minimum atomic E-state index is 0.0714.